The number of nitrogens with zero attached hydrogens (tertiary/aromatic N) is 6. The minimum Gasteiger partial charge on any atom is -0.491 e. The number of nitrogens with one attached hydrogen (secondary N) is 1. The van der Waals surface area contributed by atoms with Gasteiger partial charge in [0.2, 0.25) is 5.95 Å². The van der Waals surface area contributed by atoms with Gasteiger partial charge in [0.1, 0.15) is 22.8 Å². The summed E-state index contributed by atoms with van der Waals surface area (Å²) in [5.74, 6) is 0.601. The summed E-state index contributed by atoms with van der Waals surface area (Å²) in [6.07, 6.45) is 4.48. The average Bonchev–Trinajstić information content (AvgIpc) is 3.66. The molecular formula is C33H37F2N7O2. The number of aryl methyl sites for hydroxylation is 1. The summed E-state index contributed by atoms with van der Waals surface area (Å²) in [5, 5.41) is 3.22. The van der Waals surface area contributed by atoms with Gasteiger partial charge >= 0.3 is 0 Å². The highest BCUT2D eigenvalue weighted by Gasteiger charge is 2.61. The Morgan fingerprint density at radius 1 is 1.05 bits per heavy atom. The van der Waals surface area contributed by atoms with Crippen molar-refractivity contribution >= 4 is 28.4 Å². The molecule has 9 nitrogen and oxygen atoms in total. The highest BCUT2D eigenvalue weighted by Crippen LogP contribution is 2.56. The SMILES string of the molecule is Cc1nc2c(F)cc(-c3nc(Nc4ccc5c(c4)OC[C@]46CC4N5CCN(C4CCOCC4)C6)ncc3F)cc2n1C(C)C. The number of aromatic nitrogens is 4. The smallest absolute Gasteiger partial charge is 0.227 e. The number of hydrogen-bond acceptors (Lipinski definition) is 8. The highest BCUT2D eigenvalue weighted by atomic mass is 19.1. The van der Waals surface area contributed by atoms with Gasteiger partial charge in [-0.2, -0.15) is 0 Å². The minimum atomic E-state index is -0.628. The van der Waals surface area contributed by atoms with E-state index in [-0.39, 0.29) is 28.6 Å². The molecule has 1 unspecified atom stereocenters. The maximum Gasteiger partial charge on any atom is 0.227 e. The third-order valence-electron chi connectivity index (χ3n) is 9.88. The van der Waals surface area contributed by atoms with Crippen LogP contribution in [0.15, 0.2) is 36.5 Å². The molecule has 2 saturated heterocycles. The average molecular weight is 602 g/mol. The van der Waals surface area contributed by atoms with Gasteiger partial charge in [0, 0.05) is 73.7 Å². The lowest BCUT2D eigenvalue weighted by Gasteiger charge is -2.36. The van der Waals surface area contributed by atoms with Gasteiger partial charge in [-0.3, -0.25) is 4.90 Å². The molecule has 3 aliphatic heterocycles. The first-order chi connectivity index (χ1) is 21.3. The van der Waals surface area contributed by atoms with E-state index in [1.54, 1.807) is 6.07 Å². The standard InChI is InChI=1S/C33H37F2N7O2/c1-19(2)42-20(3)37-31-24(34)12-21(13-27(31)42)30-25(35)16-36-32(39-30)38-22-4-5-26-28(14-22)44-18-33-15-29(33)41(26)9-8-40(17-33)23-6-10-43-11-7-23/h4-5,12-14,16,19,23,29H,6-11,15,17-18H2,1-3H3,(H,36,38,39)/t29?,33-/m1/s1. The maximum absolute atomic E-state index is 15.1. The monoisotopic (exact) mass is 601 g/mol. The lowest BCUT2D eigenvalue weighted by Crippen LogP contribution is -2.44. The van der Waals surface area contributed by atoms with E-state index >= 15 is 8.78 Å². The number of ether oxygens (including phenoxy) is 2. The summed E-state index contributed by atoms with van der Waals surface area (Å²) in [6.45, 7) is 11.3. The lowest BCUT2D eigenvalue weighted by atomic mass is 10.0. The molecule has 2 aromatic carbocycles. The lowest BCUT2D eigenvalue weighted by molar-refractivity contribution is 0.0257. The number of halogens is 2. The van der Waals surface area contributed by atoms with E-state index in [1.807, 2.05) is 37.5 Å². The molecule has 11 heteroatoms. The van der Waals surface area contributed by atoms with Gasteiger partial charge in [-0.15, -0.1) is 0 Å². The van der Waals surface area contributed by atoms with E-state index in [0.717, 1.165) is 75.4 Å². The van der Waals surface area contributed by atoms with Gasteiger partial charge < -0.3 is 24.3 Å². The van der Waals surface area contributed by atoms with E-state index < -0.39 is 11.6 Å². The quantitative estimate of drug-likeness (QED) is 0.305. The molecule has 2 atom stereocenters. The molecule has 0 spiro atoms. The van der Waals surface area contributed by atoms with Gasteiger partial charge in [-0.05, 0) is 64.3 Å². The number of fused-ring (bicyclic) bond motifs is 3. The molecule has 1 N–H and O–H groups in total. The Hall–Kier alpha value is -3.83. The van der Waals surface area contributed by atoms with Crippen LogP contribution in [0.3, 0.4) is 0 Å². The van der Waals surface area contributed by atoms with Crippen molar-refractivity contribution < 1.29 is 18.3 Å². The number of rotatable bonds is 5. The first-order valence-corrected chi connectivity index (χ1v) is 15.6. The van der Waals surface area contributed by atoms with Crippen molar-refractivity contribution in [1.29, 1.82) is 0 Å². The van der Waals surface area contributed by atoms with Crippen molar-refractivity contribution in [3.8, 4) is 17.0 Å². The largest absolute Gasteiger partial charge is 0.491 e. The molecule has 4 aliphatic rings. The third-order valence-corrected chi connectivity index (χ3v) is 9.88. The molecule has 1 aliphatic carbocycles. The van der Waals surface area contributed by atoms with Crippen LogP contribution in [0.4, 0.5) is 26.1 Å². The molecule has 3 fully saturated rings. The topological polar surface area (TPSA) is 80.6 Å². The third kappa shape index (κ3) is 4.59. The van der Waals surface area contributed by atoms with Gasteiger partial charge in [0.15, 0.2) is 11.6 Å². The van der Waals surface area contributed by atoms with Crippen LogP contribution in [0.2, 0.25) is 0 Å². The van der Waals surface area contributed by atoms with Crippen molar-refractivity contribution in [3.63, 3.8) is 0 Å². The van der Waals surface area contributed by atoms with Gasteiger partial charge in [0.25, 0.3) is 0 Å². The molecule has 2 bridgehead atoms. The van der Waals surface area contributed by atoms with Crippen LogP contribution in [0, 0.1) is 24.0 Å². The molecule has 2 aromatic heterocycles. The highest BCUT2D eigenvalue weighted by molar-refractivity contribution is 5.83. The fourth-order valence-electron chi connectivity index (χ4n) is 7.65. The summed E-state index contributed by atoms with van der Waals surface area (Å²) in [4.78, 5) is 18.3. The van der Waals surface area contributed by atoms with Crippen LogP contribution in [0.1, 0.15) is 45.0 Å². The van der Waals surface area contributed by atoms with Crippen LogP contribution >= 0.6 is 0 Å². The fraction of sp³-hybridized carbons (Fsp3) is 0.485. The zero-order valence-electron chi connectivity index (χ0n) is 25.3. The second-order valence-electron chi connectivity index (χ2n) is 13.0. The van der Waals surface area contributed by atoms with E-state index in [2.05, 4.69) is 36.1 Å². The van der Waals surface area contributed by atoms with Gasteiger partial charge in [-0.1, -0.05) is 0 Å². The molecule has 1 saturated carbocycles. The van der Waals surface area contributed by atoms with Crippen molar-refractivity contribution in [3.05, 3.63) is 54.0 Å². The summed E-state index contributed by atoms with van der Waals surface area (Å²) >= 11 is 0. The Bertz CT molecular complexity index is 1750. The maximum atomic E-state index is 15.1. The molecule has 0 radical (unpaired) electrons. The predicted molar refractivity (Wildman–Crippen MR) is 165 cm³/mol. The van der Waals surface area contributed by atoms with Crippen molar-refractivity contribution in [2.75, 3.05) is 49.7 Å². The minimum absolute atomic E-state index is 0.0212. The number of hydrogen-bond donors (Lipinski definition) is 1. The van der Waals surface area contributed by atoms with Crippen LogP contribution in [0.25, 0.3) is 22.3 Å². The van der Waals surface area contributed by atoms with Crippen molar-refractivity contribution in [1.82, 2.24) is 24.4 Å². The Morgan fingerprint density at radius 2 is 1.89 bits per heavy atom. The Kier molecular flexibility index (Phi) is 6.53. The Morgan fingerprint density at radius 3 is 2.70 bits per heavy atom. The zero-order chi connectivity index (χ0) is 30.2. The molecule has 44 heavy (non-hydrogen) atoms. The number of anilines is 3. The van der Waals surface area contributed by atoms with Crippen LogP contribution in [-0.2, 0) is 4.74 Å². The zero-order valence-corrected chi connectivity index (χ0v) is 25.3. The Labute approximate surface area is 255 Å². The molecule has 8 rings (SSSR count). The van der Waals surface area contributed by atoms with Crippen LogP contribution in [-0.4, -0.2) is 76.0 Å². The van der Waals surface area contributed by atoms with Gasteiger partial charge in [0.05, 0.1) is 24.0 Å². The second kappa shape index (κ2) is 10.4. The number of imidazole rings is 1. The Balaban J connectivity index is 1.06. The van der Waals surface area contributed by atoms with Crippen molar-refractivity contribution in [2.45, 2.75) is 58.2 Å². The predicted octanol–water partition coefficient (Wildman–Crippen LogP) is 5.86. The molecule has 230 valence electrons. The molecule has 0 amide bonds. The van der Waals surface area contributed by atoms with E-state index in [1.165, 1.54) is 6.07 Å². The van der Waals surface area contributed by atoms with Crippen LogP contribution in [0.5, 0.6) is 5.75 Å². The second-order valence-corrected chi connectivity index (χ2v) is 13.0. The van der Waals surface area contributed by atoms with Crippen molar-refractivity contribution in [2.24, 2.45) is 5.41 Å². The first kappa shape index (κ1) is 27.7. The van der Waals surface area contributed by atoms with E-state index in [4.69, 9.17) is 9.47 Å². The summed E-state index contributed by atoms with van der Waals surface area (Å²) in [7, 11) is 0. The summed E-state index contributed by atoms with van der Waals surface area (Å²) in [5.41, 5.74) is 3.21. The first-order valence-electron chi connectivity index (χ1n) is 15.6. The van der Waals surface area contributed by atoms with E-state index in [0.29, 0.717) is 35.6 Å². The normalized spacial score (nSPS) is 23.6. The summed E-state index contributed by atoms with van der Waals surface area (Å²) < 4.78 is 44.3. The number of benzene rings is 2. The molecule has 5 heterocycles. The molecule has 4 aromatic rings. The summed E-state index contributed by atoms with van der Waals surface area (Å²) in [6, 6.07) is 10.2. The van der Waals surface area contributed by atoms with Crippen LogP contribution < -0.4 is 15.0 Å². The fourth-order valence-corrected chi connectivity index (χ4v) is 7.65. The van der Waals surface area contributed by atoms with Gasteiger partial charge in [-0.25, -0.2) is 23.7 Å². The van der Waals surface area contributed by atoms with E-state index in [9.17, 15) is 0 Å². The molecular weight excluding hydrogens is 564 g/mol.